The van der Waals surface area contributed by atoms with Gasteiger partial charge in [0, 0.05) is 65.8 Å². The van der Waals surface area contributed by atoms with Crippen LogP contribution in [0.15, 0.2) is 24.5 Å². The number of carbonyl (C=O) groups is 1. The van der Waals surface area contributed by atoms with Crippen molar-refractivity contribution in [2.24, 2.45) is 0 Å². The molecule has 1 amide bonds. The van der Waals surface area contributed by atoms with Gasteiger partial charge in [0.25, 0.3) is 5.91 Å². The Kier molecular flexibility index (Phi) is 7.47. The largest absolute Gasteiger partial charge is 0.393 e. The molecule has 0 unspecified atom stereocenters. The number of nitrogens with one attached hydrogen (secondary N) is 1. The number of pyridine rings is 1. The second kappa shape index (κ2) is 10.8. The summed E-state index contributed by atoms with van der Waals surface area (Å²) in [5.74, 6) is 0.989. The molecule has 5 rings (SSSR count). The Balaban J connectivity index is 1.44. The third-order valence-electron chi connectivity index (χ3n) is 8.00. The summed E-state index contributed by atoms with van der Waals surface area (Å²) in [4.78, 5) is 29.4. The molecule has 8 nitrogen and oxygen atoms in total. The summed E-state index contributed by atoms with van der Waals surface area (Å²) >= 11 is 0. The Hall–Kier alpha value is -3.00. The number of hydrogen-bond donors (Lipinski definition) is 2. The van der Waals surface area contributed by atoms with Gasteiger partial charge in [-0.15, -0.1) is 0 Å². The molecule has 0 bridgehead atoms. The molecule has 198 valence electrons. The van der Waals surface area contributed by atoms with Gasteiger partial charge in [0.05, 0.1) is 6.10 Å². The SMILES string of the molecule is CCC[C@H](C)Nc1ncc2c([C@@H]3CCN(C(=O)c4cc(C)nc(C)c4)C3)cn(C3CCC(O)CC3)c2n1. The highest BCUT2D eigenvalue weighted by Crippen LogP contribution is 2.38. The standard InChI is InChI=1S/C29H40N6O2/c1-5-6-18(2)32-29-30-15-25-26(17-35(27(25)33-29)23-7-9-24(36)10-8-23)21-11-12-34(16-21)28(37)22-13-19(3)31-20(4)14-22/h13-15,17-18,21,23-24,36H,5-12,16H2,1-4H3,(H,30,32,33)/t18-,21+,23?,24?/m0/s1. The summed E-state index contributed by atoms with van der Waals surface area (Å²) < 4.78 is 2.33. The predicted molar refractivity (Wildman–Crippen MR) is 146 cm³/mol. The lowest BCUT2D eigenvalue weighted by atomic mass is 9.93. The molecule has 2 atom stereocenters. The molecule has 3 aromatic heterocycles. The molecule has 4 heterocycles. The zero-order chi connectivity index (χ0) is 26.1. The maximum Gasteiger partial charge on any atom is 0.254 e. The number of anilines is 1. The molecule has 2 fully saturated rings. The van der Waals surface area contributed by atoms with Crippen LogP contribution in [0.5, 0.6) is 0 Å². The van der Waals surface area contributed by atoms with Crippen molar-refractivity contribution in [1.82, 2.24) is 24.4 Å². The van der Waals surface area contributed by atoms with Crippen LogP contribution in [0.3, 0.4) is 0 Å². The molecule has 0 aromatic carbocycles. The van der Waals surface area contributed by atoms with E-state index in [-0.39, 0.29) is 17.9 Å². The molecule has 0 spiro atoms. The number of rotatable bonds is 7. The third-order valence-corrected chi connectivity index (χ3v) is 8.00. The number of likely N-dealkylation sites (tertiary alicyclic amines) is 1. The van der Waals surface area contributed by atoms with Crippen molar-refractivity contribution < 1.29 is 9.90 Å². The molecule has 3 aromatic rings. The van der Waals surface area contributed by atoms with Crippen molar-refractivity contribution in [2.75, 3.05) is 18.4 Å². The number of aryl methyl sites for hydroxylation is 2. The number of aliphatic hydroxyl groups excluding tert-OH is 1. The van der Waals surface area contributed by atoms with Crippen LogP contribution >= 0.6 is 0 Å². The number of nitrogens with zero attached hydrogens (tertiary/aromatic N) is 5. The van der Waals surface area contributed by atoms with Crippen LogP contribution < -0.4 is 5.32 Å². The average Bonchev–Trinajstić information content (AvgIpc) is 3.49. The molecule has 1 saturated heterocycles. The highest BCUT2D eigenvalue weighted by Gasteiger charge is 2.32. The lowest BCUT2D eigenvalue weighted by molar-refractivity contribution is 0.0790. The zero-order valence-corrected chi connectivity index (χ0v) is 22.6. The molecular weight excluding hydrogens is 464 g/mol. The maximum absolute atomic E-state index is 13.3. The van der Waals surface area contributed by atoms with Gasteiger partial charge in [0.1, 0.15) is 5.65 Å². The second-order valence-corrected chi connectivity index (χ2v) is 11.1. The first-order valence-electron chi connectivity index (χ1n) is 13.9. The first-order valence-corrected chi connectivity index (χ1v) is 13.9. The molecule has 2 N–H and O–H groups in total. The first kappa shape index (κ1) is 25.6. The summed E-state index contributed by atoms with van der Waals surface area (Å²) in [7, 11) is 0. The number of aliphatic hydroxyl groups is 1. The van der Waals surface area contributed by atoms with Crippen LogP contribution in [-0.4, -0.2) is 60.7 Å². The molecule has 37 heavy (non-hydrogen) atoms. The van der Waals surface area contributed by atoms with Crippen LogP contribution in [-0.2, 0) is 0 Å². The Bertz CT molecular complexity index is 1240. The second-order valence-electron chi connectivity index (χ2n) is 11.1. The Labute approximate surface area is 219 Å². The van der Waals surface area contributed by atoms with E-state index in [2.05, 4.69) is 39.9 Å². The molecule has 0 radical (unpaired) electrons. The Morgan fingerprint density at radius 2 is 1.86 bits per heavy atom. The van der Waals surface area contributed by atoms with Gasteiger partial charge >= 0.3 is 0 Å². The normalized spacial score (nSPS) is 22.9. The quantitative estimate of drug-likeness (QED) is 0.462. The van der Waals surface area contributed by atoms with Crippen LogP contribution in [0.1, 0.15) is 98.1 Å². The lowest BCUT2D eigenvalue weighted by Crippen LogP contribution is -2.28. The smallest absolute Gasteiger partial charge is 0.254 e. The van der Waals surface area contributed by atoms with Crippen LogP contribution in [0.4, 0.5) is 5.95 Å². The fourth-order valence-corrected chi connectivity index (χ4v) is 6.13. The van der Waals surface area contributed by atoms with E-state index < -0.39 is 0 Å². The van der Waals surface area contributed by atoms with Crippen molar-refractivity contribution in [3.05, 3.63) is 47.0 Å². The summed E-state index contributed by atoms with van der Waals surface area (Å²) in [5.41, 5.74) is 4.65. The number of fused-ring (bicyclic) bond motifs is 1. The van der Waals surface area contributed by atoms with Gasteiger partial charge < -0.3 is 19.9 Å². The molecule has 1 aliphatic carbocycles. The van der Waals surface area contributed by atoms with Gasteiger partial charge in [-0.1, -0.05) is 13.3 Å². The van der Waals surface area contributed by atoms with Crippen molar-refractivity contribution in [2.45, 2.75) is 96.7 Å². The van der Waals surface area contributed by atoms with Gasteiger partial charge in [-0.05, 0) is 77.0 Å². The van der Waals surface area contributed by atoms with Crippen molar-refractivity contribution in [3.8, 4) is 0 Å². The van der Waals surface area contributed by atoms with Crippen LogP contribution in [0, 0.1) is 13.8 Å². The number of carbonyl (C=O) groups excluding carboxylic acids is 1. The van der Waals surface area contributed by atoms with Gasteiger partial charge in [-0.3, -0.25) is 9.78 Å². The van der Waals surface area contributed by atoms with Crippen LogP contribution in [0.25, 0.3) is 11.0 Å². The minimum Gasteiger partial charge on any atom is -0.393 e. The monoisotopic (exact) mass is 504 g/mol. The van der Waals surface area contributed by atoms with E-state index in [1.54, 1.807) is 0 Å². The highest BCUT2D eigenvalue weighted by atomic mass is 16.3. The average molecular weight is 505 g/mol. The van der Waals surface area contributed by atoms with E-state index in [1.807, 2.05) is 37.1 Å². The fraction of sp³-hybridized carbons (Fsp3) is 0.586. The molecule has 8 heteroatoms. The van der Waals surface area contributed by atoms with E-state index in [1.165, 1.54) is 5.56 Å². The lowest BCUT2D eigenvalue weighted by Gasteiger charge is -2.27. The van der Waals surface area contributed by atoms with Gasteiger partial charge in [-0.2, -0.15) is 4.98 Å². The zero-order valence-electron chi connectivity index (χ0n) is 22.6. The highest BCUT2D eigenvalue weighted by molar-refractivity contribution is 5.94. The van der Waals surface area contributed by atoms with Crippen molar-refractivity contribution >= 4 is 22.9 Å². The number of amides is 1. The minimum atomic E-state index is -0.200. The third kappa shape index (κ3) is 5.49. The van der Waals surface area contributed by atoms with E-state index in [4.69, 9.17) is 4.98 Å². The summed E-state index contributed by atoms with van der Waals surface area (Å²) in [6.07, 6.45) is 10.7. The molecule has 1 saturated carbocycles. The number of hydrogen-bond acceptors (Lipinski definition) is 6. The van der Waals surface area contributed by atoms with E-state index in [0.29, 0.717) is 30.1 Å². The minimum absolute atomic E-state index is 0.0776. The van der Waals surface area contributed by atoms with Crippen LogP contribution in [0.2, 0.25) is 0 Å². The van der Waals surface area contributed by atoms with Gasteiger partial charge in [0.2, 0.25) is 5.95 Å². The summed E-state index contributed by atoms with van der Waals surface area (Å²) in [6, 6.07) is 4.39. The van der Waals surface area contributed by atoms with E-state index in [0.717, 1.165) is 73.9 Å². The van der Waals surface area contributed by atoms with E-state index in [9.17, 15) is 9.90 Å². The van der Waals surface area contributed by atoms with Gasteiger partial charge in [0.15, 0.2) is 0 Å². The maximum atomic E-state index is 13.3. The Morgan fingerprint density at radius 1 is 1.14 bits per heavy atom. The molecular formula is C29H40N6O2. The van der Waals surface area contributed by atoms with Crippen molar-refractivity contribution in [1.29, 1.82) is 0 Å². The first-order chi connectivity index (χ1) is 17.8. The number of aromatic nitrogens is 4. The summed E-state index contributed by atoms with van der Waals surface area (Å²) in [6.45, 7) is 9.64. The predicted octanol–water partition coefficient (Wildman–Crippen LogP) is 5.15. The Morgan fingerprint density at radius 3 is 2.57 bits per heavy atom. The fourth-order valence-electron chi connectivity index (χ4n) is 6.13. The van der Waals surface area contributed by atoms with Gasteiger partial charge in [-0.25, -0.2) is 4.98 Å². The van der Waals surface area contributed by atoms with Crippen molar-refractivity contribution in [3.63, 3.8) is 0 Å². The molecule has 2 aliphatic rings. The molecule has 1 aliphatic heterocycles. The van der Waals surface area contributed by atoms with E-state index >= 15 is 0 Å². The topological polar surface area (TPSA) is 96.2 Å². The summed E-state index contributed by atoms with van der Waals surface area (Å²) in [5, 5.41) is 14.6.